The molecular formula is C16H11BrCl2N4O2. The number of aromatic amines is 1. The van der Waals surface area contributed by atoms with Gasteiger partial charge in [-0.25, -0.2) is 0 Å². The maximum absolute atomic E-state index is 12.0. The van der Waals surface area contributed by atoms with Crippen LogP contribution in [0.2, 0.25) is 10.0 Å². The number of halogens is 3. The lowest BCUT2D eigenvalue weighted by molar-refractivity contribution is -0.118. The molecule has 0 spiro atoms. The van der Waals surface area contributed by atoms with Crippen LogP contribution in [-0.2, 0) is 4.79 Å². The summed E-state index contributed by atoms with van der Waals surface area (Å²) < 4.78 is 6.23. The van der Waals surface area contributed by atoms with Gasteiger partial charge in [-0.15, -0.1) is 5.10 Å². The summed E-state index contributed by atoms with van der Waals surface area (Å²) in [5, 5.41) is 10.1. The number of nitrogens with one attached hydrogen (secondary N) is 2. The Balaban J connectivity index is 1.61. The molecule has 128 valence electrons. The van der Waals surface area contributed by atoms with E-state index in [0.29, 0.717) is 21.6 Å². The summed E-state index contributed by atoms with van der Waals surface area (Å²) in [4.78, 5) is 16.2. The number of carbonyl (C=O) groups excluding carboxylic acids is 1. The van der Waals surface area contributed by atoms with E-state index < -0.39 is 5.91 Å². The molecule has 0 aliphatic heterocycles. The Kier molecular flexibility index (Phi) is 5.57. The average Bonchev–Trinajstić information content (AvgIpc) is 3.02. The lowest BCUT2D eigenvalue weighted by atomic mass is 10.2. The first-order chi connectivity index (χ1) is 12.0. The van der Waals surface area contributed by atoms with Gasteiger partial charge in [-0.2, -0.15) is 4.98 Å². The Morgan fingerprint density at radius 2 is 2.04 bits per heavy atom. The predicted molar refractivity (Wildman–Crippen MR) is 100 cm³/mol. The topological polar surface area (TPSA) is 79.9 Å². The molecule has 3 aromatic rings. The molecule has 0 unspecified atom stereocenters. The second kappa shape index (κ2) is 7.86. The average molecular weight is 442 g/mol. The number of ether oxygens (including phenoxy) is 1. The Bertz CT molecular complexity index is 917. The third-order valence-corrected chi connectivity index (χ3v) is 4.34. The van der Waals surface area contributed by atoms with Gasteiger partial charge in [0.15, 0.2) is 12.4 Å². The third-order valence-electron chi connectivity index (χ3n) is 3.12. The van der Waals surface area contributed by atoms with E-state index in [1.54, 1.807) is 12.1 Å². The number of hydrogen-bond acceptors (Lipinski definition) is 4. The van der Waals surface area contributed by atoms with Crippen LogP contribution in [0.15, 0.2) is 46.9 Å². The van der Waals surface area contributed by atoms with Gasteiger partial charge in [0.25, 0.3) is 5.91 Å². The highest BCUT2D eigenvalue weighted by molar-refractivity contribution is 9.10. The van der Waals surface area contributed by atoms with Crippen molar-refractivity contribution in [1.82, 2.24) is 15.2 Å². The number of benzene rings is 2. The lowest BCUT2D eigenvalue weighted by Gasteiger charge is -2.07. The first kappa shape index (κ1) is 17.7. The van der Waals surface area contributed by atoms with E-state index in [1.807, 2.05) is 24.3 Å². The minimum absolute atomic E-state index is 0.154. The summed E-state index contributed by atoms with van der Waals surface area (Å²) >= 11 is 15.2. The van der Waals surface area contributed by atoms with Crippen LogP contribution in [0.25, 0.3) is 11.4 Å². The number of aromatic nitrogens is 3. The molecule has 3 rings (SSSR count). The fourth-order valence-electron chi connectivity index (χ4n) is 1.99. The smallest absolute Gasteiger partial charge is 0.264 e. The van der Waals surface area contributed by atoms with Crippen molar-refractivity contribution < 1.29 is 9.53 Å². The van der Waals surface area contributed by atoms with E-state index in [2.05, 4.69) is 36.4 Å². The quantitative estimate of drug-likeness (QED) is 0.608. The van der Waals surface area contributed by atoms with Crippen molar-refractivity contribution in [2.45, 2.75) is 0 Å². The van der Waals surface area contributed by atoms with Crippen molar-refractivity contribution in [2.75, 3.05) is 11.9 Å². The van der Waals surface area contributed by atoms with Crippen LogP contribution in [0.4, 0.5) is 5.95 Å². The van der Waals surface area contributed by atoms with Gasteiger partial charge >= 0.3 is 0 Å². The molecule has 0 aliphatic carbocycles. The molecular weight excluding hydrogens is 431 g/mol. The summed E-state index contributed by atoms with van der Waals surface area (Å²) in [6.45, 7) is -0.236. The SMILES string of the molecule is O=C(COc1ccc(Cl)cc1Cl)Nc1n[nH]c(-c2ccccc2Br)n1. The molecule has 2 aromatic carbocycles. The number of hydrogen-bond donors (Lipinski definition) is 2. The molecule has 0 saturated heterocycles. The van der Waals surface area contributed by atoms with Crippen LogP contribution in [0.5, 0.6) is 5.75 Å². The predicted octanol–water partition coefficient (Wildman–Crippen LogP) is 4.56. The van der Waals surface area contributed by atoms with E-state index in [4.69, 9.17) is 27.9 Å². The van der Waals surface area contributed by atoms with Crippen molar-refractivity contribution in [3.63, 3.8) is 0 Å². The fourth-order valence-corrected chi connectivity index (χ4v) is 2.92. The van der Waals surface area contributed by atoms with E-state index >= 15 is 0 Å². The molecule has 1 heterocycles. The normalized spacial score (nSPS) is 10.5. The van der Waals surface area contributed by atoms with Crippen LogP contribution in [0.3, 0.4) is 0 Å². The molecule has 1 aromatic heterocycles. The molecule has 0 fully saturated rings. The summed E-state index contributed by atoms with van der Waals surface area (Å²) in [6, 6.07) is 12.3. The van der Waals surface area contributed by atoms with Crippen LogP contribution in [-0.4, -0.2) is 27.7 Å². The van der Waals surface area contributed by atoms with E-state index in [0.717, 1.165) is 10.0 Å². The number of nitrogens with zero attached hydrogens (tertiary/aromatic N) is 2. The first-order valence-corrected chi connectivity index (χ1v) is 8.63. The molecule has 0 atom stereocenters. The van der Waals surface area contributed by atoms with Crippen LogP contribution >= 0.6 is 39.1 Å². The Hall–Kier alpha value is -2.09. The summed E-state index contributed by atoms with van der Waals surface area (Å²) in [5.41, 5.74) is 0.833. The molecule has 9 heteroatoms. The number of amides is 1. The highest BCUT2D eigenvalue weighted by Crippen LogP contribution is 2.27. The summed E-state index contributed by atoms with van der Waals surface area (Å²) in [5.74, 6) is 0.639. The van der Waals surface area contributed by atoms with Crippen LogP contribution < -0.4 is 10.1 Å². The largest absolute Gasteiger partial charge is 0.482 e. The minimum Gasteiger partial charge on any atom is -0.482 e. The van der Waals surface area contributed by atoms with Gasteiger partial charge in [-0.3, -0.25) is 15.2 Å². The number of anilines is 1. The molecule has 0 saturated carbocycles. The summed E-state index contributed by atoms with van der Waals surface area (Å²) in [6.07, 6.45) is 0. The number of carbonyl (C=O) groups is 1. The maximum Gasteiger partial charge on any atom is 0.264 e. The zero-order valence-corrected chi connectivity index (χ0v) is 15.7. The van der Waals surface area contributed by atoms with Gasteiger partial charge < -0.3 is 4.74 Å². The van der Waals surface area contributed by atoms with Gasteiger partial charge in [-0.1, -0.05) is 57.3 Å². The standard InChI is InChI=1S/C16H11BrCl2N4O2/c17-11-4-2-1-3-10(11)15-21-16(23-22-15)20-14(24)8-25-13-6-5-9(18)7-12(13)19/h1-7H,8H2,(H2,20,21,22,23,24). The molecule has 0 aliphatic rings. The van der Waals surface area contributed by atoms with Crippen LogP contribution in [0, 0.1) is 0 Å². The Morgan fingerprint density at radius 3 is 2.80 bits per heavy atom. The zero-order chi connectivity index (χ0) is 17.8. The number of rotatable bonds is 5. The Morgan fingerprint density at radius 1 is 1.24 bits per heavy atom. The Labute approximate surface area is 161 Å². The number of H-pyrrole nitrogens is 1. The van der Waals surface area contributed by atoms with Gasteiger partial charge in [-0.05, 0) is 24.3 Å². The van der Waals surface area contributed by atoms with Gasteiger partial charge in [0.2, 0.25) is 5.95 Å². The van der Waals surface area contributed by atoms with Crippen molar-refractivity contribution in [2.24, 2.45) is 0 Å². The van der Waals surface area contributed by atoms with E-state index in [9.17, 15) is 4.79 Å². The maximum atomic E-state index is 12.0. The highest BCUT2D eigenvalue weighted by atomic mass is 79.9. The van der Waals surface area contributed by atoms with Gasteiger partial charge in [0.05, 0.1) is 5.02 Å². The molecule has 1 amide bonds. The molecule has 25 heavy (non-hydrogen) atoms. The highest BCUT2D eigenvalue weighted by Gasteiger charge is 2.12. The second-order valence-corrected chi connectivity index (χ2v) is 6.60. The molecule has 6 nitrogen and oxygen atoms in total. The van der Waals surface area contributed by atoms with Crippen molar-refractivity contribution in [3.05, 3.63) is 57.0 Å². The van der Waals surface area contributed by atoms with E-state index in [1.165, 1.54) is 6.07 Å². The van der Waals surface area contributed by atoms with Crippen molar-refractivity contribution >= 4 is 51.0 Å². The van der Waals surface area contributed by atoms with E-state index in [-0.39, 0.29) is 12.6 Å². The first-order valence-electron chi connectivity index (χ1n) is 7.08. The minimum atomic E-state index is -0.413. The van der Waals surface area contributed by atoms with Gasteiger partial charge in [0.1, 0.15) is 5.75 Å². The monoisotopic (exact) mass is 440 g/mol. The zero-order valence-electron chi connectivity index (χ0n) is 12.6. The molecule has 0 radical (unpaired) electrons. The van der Waals surface area contributed by atoms with Gasteiger partial charge in [0, 0.05) is 15.1 Å². The fraction of sp³-hybridized carbons (Fsp3) is 0.0625. The lowest BCUT2D eigenvalue weighted by Crippen LogP contribution is -2.21. The molecule has 2 N–H and O–H groups in total. The summed E-state index contributed by atoms with van der Waals surface area (Å²) in [7, 11) is 0. The van der Waals surface area contributed by atoms with Crippen molar-refractivity contribution in [1.29, 1.82) is 0 Å². The third kappa shape index (κ3) is 4.50. The van der Waals surface area contributed by atoms with Crippen LogP contribution in [0.1, 0.15) is 0 Å². The molecule has 0 bridgehead atoms. The van der Waals surface area contributed by atoms with Crippen molar-refractivity contribution in [3.8, 4) is 17.1 Å². The second-order valence-electron chi connectivity index (χ2n) is 4.90.